The molecule has 1 N–H and O–H groups in total. The van der Waals surface area contributed by atoms with E-state index in [9.17, 15) is 0 Å². The van der Waals surface area contributed by atoms with Crippen molar-refractivity contribution in [3.63, 3.8) is 0 Å². The highest BCUT2D eigenvalue weighted by molar-refractivity contribution is 5.65. The van der Waals surface area contributed by atoms with Crippen LogP contribution >= 0.6 is 0 Å². The minimum Gasteiger partial charge on any atom is -0.310 e. The second-order valence-corrected chi connectivity index (χ2v) is 4.89. The quantitative estimate of drug-likeness (QED) is 0.887. The largest absolute Gasteiger partial charge is 0.310 e. The van der Waals surface area contributed by atoms with E-state index in [4.69, 9.17) is 0 Å². The van der Waals surface area contributed by atoms with Gasteiger partial charge in [-0.2, -0.15) is 5.10 Å². The molecule has 0 spiro atoms. The van der Waals surface area contributed by atoms with Crippen molar-refractivity contribution in [1.29, 1.82) is 0 Å². The number of hydrogen-bond donors (Lipinski definition) is 1. The Morgan fingerprint density at radius 3 is 2.42 bits per heavy atom. The van der Waals surface area contributed by atoms with Gasteiger partial charge in [-0.25, -0.2) is 0 Å². The first-order valence-corrected chi connectivity index (χ1v) is 7.03. The van der Waals surface area contributed by atoms with E-state index in [1.165, 1.54) is 16.7 Å². The number of aromatic nitrogens is 2. The number of rotatable bonds is 5. The van der Waals surface area contributed by atoms with Crippen molar-refractivity contribution in [2.24, 2.45) is 0 Å². The molecule has 0 aliphatic rings. The summed E-state index contributed by atoms with van der Waals surface area (Å²) >= 11 is 0. The van der Waals surface area contributed by atoms with Crippen molar-refractivity contribution in [3.05, 3.63) is 41.7 Å². The summed E-state index contributed by atoms with van der Waals surface area (Å²) in [6.07, 6.45) is 2.12. The lowest BCUT2D eigenvalue weighted by Crippen LogP contribution is -2.17. The van der Waals surface area contributed by atoms with Gasteiger partial charge < -0.3 is 5.32 Å². The van der Waals surface area contributed by atoms with Crippen molar-refractivity contribution < 1.29 is 0 Å². The number of nitrogens with one attached hydrogen (secondary N) is 1. The SMILES string of the molecule is CCNC(C)c1ccc(-c2cn(CC)nc2C)cc1. The standard InChI is InChI=1S/C16H23N3/c1-5-17-12(3)14-7-9-15(10-8-14)16-11-19(6-2)18-13(16)4/h7-12,17H,5-6H2,1-4H3. The first kappa shape index (κ1) is 13.8. The van der Waals surface area contributed by atoms with Gasteiger partial charge in [0.25, 0.3) is 0 Å². The second-order valence-electron chi connectivity index (χ2n) is 4.89. The summed E-state index contributed by atoms with van der Waals surface area (Å²) in [6, 6.07) is 9.18. The maximum absolute atomic E-state index is 4.50. The highest BCUT2D eigenvalue weighted by Crippen LogP contribution is 2.24. The van der Waals surface area contributed by atoms with Crippen LogP contribution in [0.5, 0.6) is 0 Å². The van der Waals surface area contributed by atoms with Crippen LogP contribution in [0.4, 0.5) is 0 Å². The van der Waals surface area contributed by atoms with Gasteiger partial charge in [0.15, 0.2) is 0 Å². The van der Waals surface area contributed by atoms with E-state index in [1.54, 1.807) is 0 Å². The van der Waals surface area contributed by atoms with Crippen LogP contribution < -0.4 is 5.32 Å². The van der Waals surface area contributed by atoms with Gasteiger partial charge in [-0.3, -0.25) is 4.68 Å². The maximum atomic E-state index is 4.50. The van der Waals surface area contributed by atoms with Crippen molar-refractivity contribution in [2.75, 3.05) is 6.54 Å². The molecule has 0 aliphatic heterocycles. The highest BCUT2D eigenvalue weighted by atomic mass is 15.3. The summed E-state index contributed by atoms with van der Waals surface area (Å²) in [7, 11) is 0. The Balaban J connectivity index is 2.24. The van der Waals surface area contributed by atoms with Crippen LogP contribution in [0.1, 0.15) is 38.1 Å². The topological polar surface area (TPSA) is 29.9 Å². The molecular weight excluding hydrogens is 234 g/mol. The monoisotopic (exact) mass is 257 g/mol. The van der Waals surface area contributed by atoms with Gasteiger partial charge in [-0.05, 0) is 38.4 Å². The molecule has 0 amide bonds. The number of hydrogen-bond acceptors (Lipinski definition) is 2. The van der Waals surface area contributed by atoms with Crippen molar-refractivity contribution in [3.8, 4) is 11.1 Å². The molecule has 3 heteroatoms. The molecule has 19 heavy (non-hydrogen) atoms. The average Bonchev–Trinajstić information content (AvgIpc) is 2.80. The lowest BCUT2D eigenvalue weighted by atomic mass is 10.0. The van der Waals surface area contributed by atoms with Gasteiger partial charge in [-0.1, -0.05) is 31.2 Å². The Morgan fingerprint density at radius 1 is 1.21 bits per heavy atom. The van der Waals surface area contributed by atoms with Crippen LogP contribution in [0.2, 0.25) is 0 Å². The third kappa shape index (κ3) is 3.04. The fourth-order valence-corrected chi connectivity index (χ4v) is 2.34. The van der Waals surface area contributed by atoms with Crippen LogP contribution in [0, 0.1) is 6.92 Å². The van der Waals surface area contributed by atoms with E-state index in [-0.39, 0.29) is 0 Å². The lowest BCUT2D eigenvalue weighted by molar-refractivity contribution is 0.598. The van der Waals surface area contributed by atoms with Crippen LogP contribution in [-0.4, -0.2) is 16.3 Å². The molecule has 0 fully saturated rings. The van der Waals surface area contributed by atoms with E-state index in [0.29, 0.717) is 6.04 Å². The molecule has 2 aromatic rings. The third-order valence-corrected chi connectivity index (χ3v) is 3.50. The van der Waals surface area contributed by atoms with Gasteiger partial charge in [0.1, 0.15) is 0 Å². The summed E-state index contributed by atoms with van der Waals surface area (Å²) in [6.45, 7) is 10.4. The molecule has 0 radical (unpaired) electrons. The van der Waals surface area contributed by atoms with Gasteiger partial charge in [0.05, 0.1) is 5.69 Å². The molecule has 0 aliphatic carbocycles. The van der Waals surface area contributed by atoms with E-state index >= 15 is 0 Å². The molecule has 0 saturated heterocycles. The number of nitrogens with zero attached hydrogens (tertiary/aromatic N) is 2. The molecule has 1 heterocycles. The molecule has 3 nitrogen and oxygen atoms in total. The molecule has 1 aromatic carbocycles. The Labute approximate surface area is 115 Å². The minimum absolute atomic E-state index is 0.401. The predicted octanol–water partition coefficient (Wildman–Crippen LogP) is 3.55. The predicted molar refractivity (Wildman–Crippen MR) is 80.2 cm³/mol. The molecule has 0 bridgehead atoms. The summed E-state index contributed by atoms with van der Waals surface area (Å²) < 4.78 is 1.99. The van der Waals surface area contributed by atoms with Gasteiger partial charge >= 0.3 is 0 Å². The first-order chi connectivity index (χ1) is 9.15. The summed E-state index contributed by atoms with van der Waals surface area (Å²) in [5.74, 6) is 0. The van der Waals surface area contributed by atoms with Crippen molar-refractivity contribution in [2.45, 2.75) is 40.3 Å². The third-order valence-electron chi connectivity index (χ3n) is 3.50. The Kier molecular flexibility index (Phi) is 4.38. The average molecular weight is 257 g/mol. The molecule has 1 aromatic heterocycles. The number of benzene rings is 1. The van der Waals surface area contributed by atoms with Gasteiger partial charge in [0, 0.05) is 24.3 Å². The van der Waals surface area contributed by atoms with E-state index in [1.807, 2.05) is 4.68 Å². The molecule has 1 unspecified atom stereocenters. The minimum atomic E-state index is 0.401. The van der Waals surface area contributed by atoms with Crippen LogP contribution in [-0.2, 0) is 6.54 Å². The van der Waals surface area contributed by atoms with E-state index < -0.39 is 0 Å². The first-order valence-electron chi connectivity index (χ1n) is 7.03. The fourth-order valence-electron chi connectivity index (χ4n) is 2.34. The fraction of sp³-hybridized carbons (Fsp3) is 0.438. The highest BCUT2D eigenvalue weighted by Gasteiger charge is 2.08. The Morgan fingerprint density at radius 2 is 1.89 bits per heavy atom. The Hall–Kier alpha value is -1.61. The molecular formula is C16H23N3. The second kappa shape index (κ2) is 6.02. The normalized spacial score (nSPS) is 12.6. The summed E-state index contributed by atoms with van der Waals surface area (Å²) in [5.41, 5.74) is 4.88. The number of aryl methyl sites for hydroxylation is 2. The van der Waals surface area contributed by atoms with E-state index in [2.05, 4.69) is 68.6 Å². The van der Waals surface area contributed by atoms with E-state index in [0.717, 1.165) is 18.8 Å². The zero-order valence-corrected chi connectivity index (χ0v) is 12.3. The van der Waals surface area contributed by atoms with Crippen molar-refractivity contribution >= 4 is 0 Å². The summed E-state index contributed by atoms with van der Waals surface area (Å²) in [5, 5.41) is 7.93. The van der Waals surface area contributed by atoms with Crippen LogP contribution in [0.15, 0.2) is 30.5 Å². The maximum Gasteiger partial charge on any atom is 0.0672 e. The lowest BCUT2D eigenvalue weighted by Gasteiger charge is -2.13. The van der Waals surface area contributed by atoms with Gasteiger partial charge in [0.2, 0.25) is 0 Å². The molecule has 1 atom stereocenters. The molecule has 102 valence electrons. The van der Waals surface area contributed by atoms with Gasteiger partial charge in [-0.15, -0.1) is 0 Å². The van der Waals surface area contributed by atoms with Crippen LogP contribution in [0.3, 0.4) is 0 Å². The molecule has 2 rings (SSSR count). The van der Waals surface area contributed by atoms with Crippen LogP contribution in [0.25, 0.3) is 11.1 Å². The van der Waals surface area contributed by atoms with Crippen molar-refractivity contribution in [1.82, 2.24) is 15.1 Å². The zero-order valence-electron chi connectivity index (χ0n) is 12.3. The molecule has 0 saturated carbocycles. The smallest absolute Gasteiger partial charge is 0.0672 e. The zero-order chi connectivity index (χ0) is 13.8. The Bertz CT molecular complexity index is 525. The summed E-state index contributed by atoms with van der Waals surface area (Å²) in [4.78, 5) is 0.